The van der Waals surface area contributed by atoms with Crippen LogP contribution < -0.4 is 10.6 Å². The van der Waals surface area contributed by atoms with Crippen LogP contribution in [0.5, 0.6) is 0 Å². The number of pyridine rings is 1. The normalized spacial score (nSPS) is 14.6. The minimum Gasteiger partial charge on any atom is -0.336 e. The van der Waals surface area contributed by atoms with E-state index < -0.39 is 6.03 Å². The number of anilines is 1. The van der Waals surface area contributed by atoms with E-state index in [0.29, 0.717) is 5.82 Å². The highest BCUT2D eigenvalue weighted by Gasteiger charge is 2.28. The molecule has 1 saturated heterocycles. The Morgan fingerprint density at radius 1 is 1.26 bits per heavy atom. The molecule has 0 saturated carbocycles. The lowest BCUT2D eigenvalue weighted by molar-refractivity contribution is -0.138. The molecule has 1 fully saturated rings. The molecule has 100 valence electrons. The van der Waals surface area contributed by atoms with E-state index in [2.05, 4.69) is 15.6 Å². The van der Waals surface area contributed by atoms with E-state index in [4.69, 9.17) is 0 Å². The first-order chi connectivity index (χ1) is 9.16. The molecule has 0 atom stereocenters. The molecule has 0 spiro atoms. The first-order valence-electron chi connectivity index (χ1n) is 5.96. The monoisotopic (exact) mass is 262 g/mol. The Labute approximate surface area is 110 Å². The first kappa shape index (κ1) is 13.0. The Kier molecular flexibility index (Phi) is 4.07. The van der Waals surface area contributed by atoms with E-state index in [-0.39, 0.29) is 37.7 Å². The van der Waals surface area contributed by atoms with Crippen LogP contribution in [0, 0.1) is 0 Å². The van der Waals surface area contributed by atoms with Crippen molar-refractivity contribution in [3.8, 4) is 0 Å². The summed E-state index contributed by atoms with van der Waals surface area (Å²) in [5.74, 6) is 0.0715. The Morgan fingerprint density at radius 2 is 2.00 bits per heavy atom. The van der Waals surface area contributed by atoms with Crippen LogP contribution in [0.3, 0.4) is 0 Å². The van der Waals surface area contributed by atoms with Gasteiger partial charge in [0.1, 0.15) is 5.82 Å². The molecule has 4 amide bonds. The van der Waals surface area contributed by atoms with Crippen LogP contribution in [0.25, 0.3) is 0 Å². The fourth-order valence-corrected chi connectivity index (χ4v) is 1.75. The summed E-state index contributed by atoms with van der Waals surface area (Å²) in [6.45, 7) is 0.420. The quantitative estimate of drug-likeness (QED) is 0.766. The predicted octanol–water partition coefficient (Wildman–Crippen LogP) is 0.352. The van der Waals surface area contributed by atoms with Crippen LogP contribution in [-0.4, -0.2) is 40.8 Å². The summed E-state index contributed by atoms with van der Waals surface area (Å²) in [6.07, 6.45) is 2.09. The third-order valence-corrected chi connectivity index (χ3v) is 2.68. The zero-order valence-corrected chi connectivity index (χ0v) is 10.3. The third kappa shape index (κ3) is 3.51. The molecule has 0 unspecified atom stereocenters. The Bertz CT molecular complexity index is 473. The highest BCUT2D eigenvalue weighted by Crippen LogP contribution is 2.10. The average Bonchev–Trinajstić information content (AvgIpc) is 2.71. The van der Waals surface area contributed by atoms with Gasteiger partial charge >= 0.3 is 6.03 Å². The maximum Gasteiger partial charge on any atom is 0.320 e. The summed E-state index contributed by atoms with van der Waals surface area (Å²) in [6, 6.07) is 4.74. The molecule has 0 aromatic carbocycles. The molecule has 0 radical (unpaired) electrons. The molecule has 2 N–H and O–H groups in total. The largest absolute Gasteiger partial charge is 0.336 e. The van der Waals surface area contributed by atoms with Gasteiger partial charge in [-0.15, -0.1) is 0 Å². The summed E-state index contributed by atoms with van der Waals surface area (Å²) in [4.78, 5) is 39.2. The van der Waals surface area contributed by atoms with Gasteiger partial charge in [0.05, 0.1) is 0 Å². The number of nitrogens with zero attached hydrogens (tertiary/aromatic N) is 2. The summed E-state index contributed by atoms with van der Waals surface area (Å²) in [5.41, 5.74) is 0. The molecule has 1 aliphatic rings. The van der Waals surface area contributed by atoms with E-state index in [0.717, 1.165) is 0 Å². The first-order valence-corrected chi connectivity index (χ1v) is 5.96. The molecule has 0 aliphatic carbocycles. The van der Waals surface area contributed by atoms with Crippen LogP contribution >= 0.6 is 0 Å². The maximum absolute atomic E-state index is 11.5. The van der Waals surface area contributed by atoms with Crippen molar-refractivity contribution in [1.29, 1.82) is 0 Å². The van der Waals surface area contributed by atoms with Gasteiger partial charge in [-0.25, -0.2) is 9.78 Å². The van der Waals surface area contributed by atoms with Gasteiger partial charge in [-0.05, 0) is 12.1 Å². The zero-order valence-electron chi connectivity index (χ0n) is 10.3. The lowest BCUT2D eigenvalue weighted by Crippen LogP contribution is -2.39. The maximum atomic E-state index is 11.5. The van der Waals surface area contributed by atoms with Crippen molar-refractivity contribution in [2.75, 3.05) is 18.4 Å². The zero-order chi connectivity index (χ0) is 13.7. The molecule has 1 aromatic heterocycles. The van der Waals surface area contributed by atoms with Crippen LogP contribution in [0.15, 0.2) is 24.4 Å². The molecule has 2 rings (SSSR count). The van der Waals surface area contributed by atoms with Crippen LogP contribution in [0.1, 0.15) is 12.8 Å². The van der Waals surface area contributed by atoms with Gasteiger partial charge in [0.15, 0.2) is 0 Å². The number of urea groups is 1. The lowest BCUT2D eigenvalue weighted by Gasteiger charge is -2.14. The van der Waals surface area contributed by atoms with E-state index in [1.54, 1.807) is 24.4 Å². The van der Waals surface area contributed by atoms with E-state index in [1.807, 2.05) is 0 Å². The molecule has 7 nitrogen and oxygen atoms in total. The standard InChI is InChI=1S/C12H14N4O3/c17-10-4-5-11(18)16(10)8-7-14-12(19)15-9-3-1-2-6-13-9/h1-3,6H,4-5,7-8H2,(H2,13,14,15,19). The van der Waals surface area contributed by atoms with Gasteiger partial charge in [-0.2, -0.15) is 0 Å². The van der Waals surface area contributed by atoms with Crippen molar-refractivity contribution in [1.82, 2.24) is 15.2 Å². The molecule has 1 aliphatic heterocycles. The lowest BCUT2D eigenvalue weighted by atomic mass is 10.4. The smallest absolute Gasteiger partial charge is 0.320 e. The van der Waals surface area contributed by atoms with Crippen LogP contribution in [0.2, 0.25) is 0 Å². The number of aromatic nitrogens is 1. The second kappa shape index (κ2) is 5.94. The predicted molar refractivity (Wildman–Crippen MR) is 67.2 cm³/mol. The number of imide groups is 1. The third-order valence-electron chi connectivity index (χ3n) is 2.68. The molecule has 1 aromatic rings. The Balaban J connectivity index is 1.72. The summed E-state index contributed by atoms with van der Waals surface area (Å²) in [5, 5.41) is 5.10. The van der Waals surface area contributed by atoms with Crippen LogP contribution in [-0.2, 0) is 9.59 Å². The Hall–Kier alpha value is -2.44. The van der Waals surface area contributed by atoms with E-state index in [9.17, 15) is 14.4 Å². The van der Waals surface area contributed by atoms with Gasteiger partial charge in [0, 0.05) is 32.1 Å². The van der Waals surface area contributed by atoms with Crippen molar-refractivity contribution in [2.45, 2.75) is 12.8 Å². The number of likely N-dealkylation sites (tertiary alicyclic amines) is 1. The van der Waals surface area contributed by atoms with Crippen LogP contribution in [0.4, 0.5) is 10.6 Å². The summed E-state index contributed by atoms with van der Waals surface area (Å²) in [7, 11) is 0. The molecule has 2 heterocycles. The second-order valence-electron chi connectivity index (χ2n) is 4.03. The van der Waals surface area contributed by atoms with Crippen molar-refractivity contribution in [3.05, 3.63) is 24.4 Å². The second-order valence-corrected chi connectivity index (χ2v) is 4.03. The average molecular weight is 262 g/mol. The molecular weight excluding hydrogens is 248 g/mol. The van der Waals surface area contributed by atoms with E-state index in [1.165, 1.54) is 4.90 Å². The van der Waals surface area contributed by atoms with Gasteiger partial charge in [0.2, 0.25) is 11.8 Å². The number of carbonyl (C=O) groups excluding carboxylic acids is 3. The van der Waals surface area contributed by atoms with Gasteiger partial charge in [-0.3, -0.25) is 19.8 Å². The van der Waals surface area contributed by atoms with E-state index >= 15 is 0 Å². The summed E-state index contributed by atoms with van der Waals surface area (Å²) >= 11 is 0. The summed E-state index contributed by atoms with van der Waals surface area (Å²) < 4.78 is 0. The molecule has 7 heteroatoms. The highest BCUT2D eigenvalue weighted by atomic mass is 16.2. The number of hydrogen-bond donors (Lipinski definition) is 2. The van der Waals surface area contributed by atoms with Crippen molar-refractivity contribution >= 4 is 23.7 Å². The van der Waals surface area contributed by atoms with Gasteiger partial charge in [-0.1, -0.05) is 6.07 Å². The number of carbonyl (C=O) groups is 3. The number of amides is 4. The number of hydrogen-bond acceptors (Lipinski definition) is 4. The fraction of sp³-hybridized carbons (Fsp3) is 0.333. The number of nitrogens with one attached hydrogen (secondary N) is 2. The highest BCUT2D eigenvalue weighted by molar-refractivity contribution is 6.01. The SMILES string of the molecule is O=C(NCCN1C(=O)CCC1=O)Nc1ccccn1. The minimum atomic E-state index is -0.419. The topological polar surface area (TPSA) is 91.4 Å². The van der Waals surface area contributed by atoms with Gasteiger partial charge in [0.25, 0.3) is 0 Å². The molecular formula is C12H14N4O3. The Morgan fingerprint density at radius 3 is 2.63 bits per heavy atom. The fourth-order valence-electron chi connectivity index (χ4n) is 1.75. The number of rotatable bonds is 4. The van der Waals surface area contributed by atoms with Crippen molar-refractivity contribution in [2.24, 2.45) is 0 Å². The molecule has 19 heavy (non-hydrogen) atoms. The van der Waals surface area contributed by atoms with Crippen molar-refractivity contribution in [3.63, 3.8) is 0 Å². The minimum absolute atomic E-state index is 0.183. The molecule has 0 bridgehead atoms. The van der Waals surface area contributed by atoms with Gasteiger partial charge < -0.3 is 5.32 Å². The van der Waals surface area contributed by atoms with Crippen molar-refractivity contribution < 1.29 is 14.4 Å².